The quantitative estimate of drug-likeness (QED) is 0.399. The molecule has 1 aromatic rings. The Balaban J connectivity index is 1.80. The van der Waals surface area contributed by atoms with Crippen LogP contribution in [0.2, 0.25) is 18.6 Å². The lowest BCUT2D eigenvalue weighted by Crippen LogP contribution is -2.62. The number of hydrogen-bond acceptors (Lipinski definition) is 1. The Labute approximate surface area is 207 Å². The zero-order valence-electron chi connectivity index (χ0n) is 23.5. The highest BCUT2D eigenvalue weighted by Gasteiger charge is 2.60. The molecule has 0 amide bonds. The maximum absolute atomic E-state index is 3.00. The first-order valence-corrected chi connectivity index (χ1v) is 17.2. The summed E-state index contributed by atoms with van der Waals surface area (Å²) in [5, 5.41) is 0. The number of rotatable bonds is 4. The molecule has 3 saturated carbocycles. The van der Waals surface area contributed by atoms with Crippen LogP contribution in [0.25, 0.3) is 0 Å². The van der Waals surface area contributed by atoms with E-state index in [1.807, 2.05) is 0 Å². The van der Waals surface area contributed by atoms with Gasteiger partial charge in [0.1, 0.15) is 0 Å². The number of fused-ring (bicyclic) bond motifs is 2. The van der Waals surface area contributed by atoms with Crippen molar-refractivity contribution in [3.8, 4) is 0 Å². The molecule has 0 aliphatic heterocycles. The van der Waals surface area contributed by atoms with Crippen LogP contribution >= 0.6 is 0 Å². The average molecular weight is 468 g/mol. The van der Waals surface area contributed by atoms with Crippen molar-refractivity contribution in [2.24, 2.45) is 41.4 Å². The van der Waals surface area contributed by atoms with Gasteiger partial charge in [-0.1, -0.05) is 77.7 Å². The Hall–Kier alpha value is -0.763. The number of para-hydroxylation sites is 1. The van der Waals surface area contributed by atoms with Crippen LogP contribution in [-0.4, -0.2) is 13.8 Å². The molecule has 1 nitrogen and oxygen atoms in total. The van der Waals surface area contributed by atoms with E-state index < -0.39 is 8.24 Å². The molecule has 0 heterocycles. The summed E-state index contributed by atoms with van der Waals surface area (Å²) in [6.45, 7) is 25.4. The van der Waals surface area contributed by atoms with Crippen LogP contribution in [0.4, 0.5) is 5.69 Å². The fraction of sp³-hybridized carbons (Fsp3) is 0.806. The third-order valence-electron chi connectivity index (χ3n) is 10.4. The lowest BCUT2D eigenvalue weighted by Gasteiger charge is -2.55. The third kappa shape index (κ3) is 4.36. The SMILES string of the molecule is Cc1cccc(C)c1N(C(C)(C)C)[Si](C)(C)C1C(C)C(C(C)C)C2CC3CCCCC3CC21. The molecular weight excluding hydrogens is 414 g/mol. The number of nitrogens with zero attached hydrogens (tertiary/aromatic N) is 1. The summed E-state index contributed by atoms with van der Waals surface area (Å²) in [6, 6.07) is 6.93. The molecule has 0 aromatic heterocycles. The minimum atomic E-state index is -1.82. The lowest BCUT2D eigenvalue weighted by atomic mass is 9.62. The van der Waals surface area contributed by atoms with Crippen LogP contribution in [0.1, 0.15) is 91.2 Å². The van der Waals surface area contributed by atoms with Crippen LogP contribution in [-0.2, 0) is 0 Å². The Kier molecular flexibility index (Phi) is 6.93. The van der Waals surface area contributed by atoms with Gasteiger partial charge >= 0.3 is 0 Å². The normalized spacial score (nSPS) is 34.8. The van der Waals surface area contributed by atoms with E-state index in [1.165, 1.54) is 43.2 Å². The Morgan fingerprint density at radius 2 is 1.42 bits per heavy atom. The molecule has 33 heavy (non-hydrogen) atoms. The lowest BCUT2D eigenvalue weighted by molar-refractivity contribution is 0.0644. The van der Waals surface area contributed by atoms with E-state index in [0.29, 0.717) is 0 Å². The van der Waals surface area contributed by atoms with E-state index >= 15 is 0 Å². The van der Waals surface area contributed by atoms with Gasteiger partial charge in [-0.05, 0) is 106 Å². The van der Waals surface area contributed by atoms with Gasteiger partial charge in [0.25, 0.3) is 0 Å². The zero-order chi connectivity index (χ0) is 24.3. The number of benzene rings is 1. The summed E-state index contributed by atoms with van der Waals surface area (Å²) < 4.78 is 3.00. The van der Waals surface area contributed by atoms with E-state index in [4.69, 9.17) is 0 Å². The number of aryl methyl sites for hydroxylation is 2. The molecular formula is C31H53NSi. The predicted octanol–water partition coefficient (Wildman–Crippen LogP) is 9.24. The fourth-order valence-electron chi connectivity index (χ4n) is 9.89. The molecule has 3 aliphatic rings. The molecule has 3 aliphatic carbocycles. The number of hydrogen-bond donors (Lipinski definition) is 0. The van der Waals surface area contributed by atoms with Crippen molar-refractivity contribution in [2.75, 3.05) is 4.57 Å². The van der Waals surface area contributed by atoms with E-state index in [2.05, 4.69) is 91.2 Å². The van der Waals surface area contributed by atoms with Crippen LogP contribution in [0.15, 0.2) is 18.2 Å². The summed E-state index contributed by atoms with van der Waals surface area (Å²) in [5.41, 5.74) is 5.49. The first-order chi connectivity index (χ1) is 15.4. The first-order valence-electron chi connectivity index (χ1n) is 14.2. The Bertz CT molecular complexity index is 814. The third-order valence-corrected chi connectivity index (χ3v) is 15.0. The minimum Gasteiger partial charge on any atom is -0.393 e. The van der Waals surface area contributed by atoms with Crippen LogP contribution in [0.3, 0.4) is 0 Å². The van der Waals surface area contributed by atoms with Crippen molar-refractivity contribution in [1.29, 1.82) is 0 Å². The summed E-state index contributed by atoms with van der Waals surface area (Å²) in [5.74, 6) is 6.54. The Morgan fingerprint density at radius 1 is 0.909 bits per heavy atom. The van der Waals surface area contributed by atoms with Crippen LogP contribution in [0.5, 0.6) is 0 Å². The monoisotopic (exact) mass is 467 g/mol. The summed E-state index contributed by atoms with van der Waals surface area (Å²) in [4.78, 5) is 0. The van der Waals surface area contributed by atoms with Gasteiger partial charge in [0.15, 0.2) is 8.24 Å². The smallest absolute Gasteiger partial charge is 0.154 e. The first kappa shape index (κ1) is 25.3. The molecule has 0 spiro atoms. The molecule has 1 aromatic carbocycles. The molecule has 0 radical (unpaired) electrons. The van der Waals surface area contributed by atoms with E-state index in [-0.39, 0.29) is 5.54 Å². The van der Waals surface area contributed by atoms with Gasteiger partial charge in [-0.3, -0.25) is 0 Å². The van der Waals surface area contributed by atoms with Gasteiger partial charge in [-0.15, -0.1) is 0 Å². The van der Waals surface area contributed by atoms with E-state index in [9.17, 15) is 0 Å². The molecule has 7 atom stereocenters. The minimum absolute atomic E-state index is 0.139. The van der Waals surface area contributed by atoms with Crippen molar-refractivity contribution in [3.63, 3.8) is 0 Å². The van der Waals surface area contributed by atoms with Crippen LogP contribution in [0, 0.1) is 55.3 Å². The molecule has 0 N–H and O–H groups in total. The average Bonchev–Trinajstić information content (AvgIpc) is 2.99. The summed E-state index contributed by atoms with van der Waals surface area (Å²) in [7, 11) is -1.82. The maximum Gasteiger partial charge on any atom is 0.154 e. The molecule has 0 bridgehead atoms. The van der Waals surface area contributed by atoms with Gasteiger partial charge in [0.05, 0.1) is 0 Å². The zero-order valence-corrected chi connectivity index (χ0v) is 24.5. The van der Waals surface area contributed by atoms with E-state index in [0.717, 1.165) is 47.0 Å². The van der Waals surface area contributed by atoms with Gasteiger partial charge in [-0.25, -0.2) is 0 Å². The molecule has 0 saturated heterocycles. The van der Waals surface area contributed by atoms with Crippen molar-refractivity contribution in [2.45, 2.75) is 118 Å². The van der Waals surface area contributed by atoms with Crippen molar-refractivity contribution in [1.82, 2.24) is 0 Å². The molecule has 186 valence electrons. The molecule has 4 rings (SSSR count). The van der Waals surface area contributed by atoms with Gasteiger partial charge in [-0.2, -0.15) is 0 Å². The van der Waals surface area contributed by atoms with Crippen molar-refractivity contribution < 1.29 is 0 Å². The van der Waals surface area contributed by atoms with Gasteiger partial charge in [0.2, 0.25) is 0 Å². The predicted molar refractivity (Wildman–Crippen MR) is 149 cm³/mol. The standard InChI is InChI=1S/C31H53NSi/c1-20(2)28-23(5)30(27-19-25-17-12-11-16-24(25)18-26(27)28)33(9,10)32(31(6,7)8)29-21(3)14-13-15-22(29)4/h13-15,20,23-28,30H,11-12,16-19H2,1-10H3. The largest absolute Gasteiger partial charge is 0.393 e. The highest BCUT2D eigenvalue weighted by atomic mass is 28.3. The maximum atomic E-state index is 3.00. The second-order valence-electron chi connectivity index (χ2n) is 14.2. The fourth-order valence-corrected chi connectivity index (χ4v) is 15.8. The van der Waals surface area contributed by atoms with E-state index in [1.54, 1.807) is 12.1 Å². The molecule has 3 fully saturated rings. The van der Waals surface area contributed by atoms with Crippen LogP contribution < -0.4 is 4.57 Å². The van der Waals surface area contributed by atoms with Gasteiger partial charge in [0, 0.05) is 11.2 Å². The second kappa shape index (κ2) is 9.03. The topological polar surface area (TPSA) is 3.24 Å². The molecule has 7 unspecified atom stereocenters. The number of anilines is 1. The van der Waals surface area contributed by atoms with Crippen molar-refractivity contribution >= 4 is 13.9 Å². The second-order valence-corrected chi connectivity index (χ2v) is 18.6. The Morgan fingerprint density at radius 3 is 1.91 bits per heavy atom. The van der Waals surface area contributed by atoms with Gasteiger partial charge < -0.3 is 4.57 Å². The van der Waals surface area contributed by atoms with Crippen molar-refractivity contribution in [3.05, 3.63) is 29.3 Å². The highest BCUT2D eigenvalue weighted by Crippen LogP contribution is 2.64. The summed E-state index contributed by atoms with van der Waals surface area (Å²) in [6.07, 6.45) is 9.10. The highest BCUT2D eigenvalue weighted by molar-refractivity contribution is 6.82. The summed E-state index contributed by atoms with van der Waals surface area (Å²) >= 11 is 0. The molecule has 2 heteroatoms.